The third-order valence-corrected chi connectivity index (χ3v) is 10.1. The first kappa shape index (κ1) is 31.3. The molecule has 2 atom stereocenters. The van der Waals surface area contributed by atoms with Crippen molar-refractivity contribution in [2.45, 2.75) is 24.9 Å². The number of fused-ring (bicyclic) bond motifs is 8. The molecular weight excluding hydrogens is 649 g/mol. The zero-order valence-corrected chi connectivity index (χ0v) is 28.1. The van der Waals surface area contributed by atoms with Crippen LogP contribution in [-0.4, -0.2) is 47.5 Å². The minimum absolute atomic E-state index is 0.0799. The monoisotopic (exact) mass is 684 g/mol. The number of aromatic nitrogens is 3. The van der Waals surface area contributed by atoms with E-state index in [0.29, 0.717) is 0 Å². The predicted molar refractivity (Wildman–Crippen MR) is 201 cm³/mol. The predicted octanol–water partition coefficient (Wildman–Crippen LogP) is 4.52. The topological polar surface area (TPSA) is 140 Å². The van der Waals surface area contributed by atoms with Gasteiger partial charge in [-0.3, -0.25) is 0 Å². The van der Waals surface area contributed by atoms with Crippen LogP contribution in [0.4, 0.5) is 0 Å². The molecule has 5 heterocycles. The Balaban J connectivity index is 1.40. The van der Waals surface area contributed by atoms with Crippen LogP contribution in [-0.2, 0) is 0 Å². The first-order valence-corrected chi connectivity index (χ1v) is 17.4. The summed E-state index contributed by atoms with van der Waals surface area (Å²) in [6.07, 6.45) is 1.65. The van der Waals surface area contributed by atoms with E-state index in [-0.39, 0.29) is 35.1 Å². The van der Waals surface area contributed by atoms with E-state index in [4.69, 9.17) is 0 Å². The zero-order valence-electron chi connectivity index (χ0n) is 28.1. The Hall–Kier alpha value is -6.64. The van der Waals surface area contributed by atoms with E-state index in [1.54, 1.807) is 48.5 Å². The molecule has 52 heavy (non-hydrogen) atoms. The SMILES string of the molecule is Oc1cccc(C2=c3ccc([nH]3)=C(c3cccc(O)c3)C3CCC(N3)C(c3cccc(O)c3)=c3ccc([nH]3)=C(c3cccc(O)c3)c3ccc2[nH]3)c1. The lowest BCUT2D eigenvalue weighted by molar-refractivity contribution is 0.474. The summed E-state index contributed by atoms with van der Waals surface area (Å²) in [5, 5.41) is 49.9. The van der Waals surface area contributed by atoms with Gasteiger partial charge in [-0.2, -0.15) is 0 Å². The lowest BCUT2D eigenvalue weighted by atomic mass is 9.95. The Morgan fingerprint density at radius 2 is 0.750 bits per heavy atom. The molecule has 4 aromatic carbocycles. The number of phenolic OH excluding ortho intramolecular Hbond substituents is 4. The third-order valence-electron chi connectivity index (χ3n) is 10.1. The second kappa shape index (κ2) is 12.6. The Morgan fingerprint density at radius 3 is 1.15 bits per heavy atom. The van der Waals surface area contributed by atoms with Crippen molar-refractivity contribution in [2.24, 2.45) is 0 Å². The summed E-state index contributed by atoms with van der Waals surface area (Å²) in [5.74, 6) is 0.700. The number of hydrogen-bond donors (Lipinski definition) is 8. The average Bonchev–Trinajstić information content (AvgIpc) is 3.96. The lowest BCUT2D eigenvalue weighted by Crippen LogP contribution is -2.36. The van der Waals surface area contributed by atoms with E-state index >= 15 is 0 Å². The van der Waals surface area contributed by atoms with Crippen molar-refractivity contribution in [3.05, 3.63) is 188 Å². The lowest BCUT2D eigenvalue weighted by Gasteiger charge is -2.20. The highest BCUT2D eigenvalue weighted by Gasteiger charge is 2.31. The van der Waals surface area contributed by atoms with Crippen molar-refractivity contribution >= 4 is 22.3 Å². The van der Waals surface area contributed by atoms with E-state index in [0.717, 1.165) is 90.2 Å². The van der Waals surface area contributed by atoms with Gasteiger partial charge in [0.05, 0.1) is 0 Å². The standard InChI is InChI=1S/C44H36N4O4/c49-29-9-1-5-25(21-29)41-33-13-15-35(45-33)42(26-6-2-10-30(50)22-26)37-17-19-39(47-37)44(28-8-4-12-32(52)24-28)40-20-18-38(48-40)43(36-16-14-34(41)46-36)27-7-3-11-31(51)23-27/h1-17,19,21-24,38,40,45-52H,18,20H2. The highest BCUT2D eigenvalue weighted by atomic mass is 16.3. The van der Waals surface area contributed by atoms with Crippen LogP contribution in [0.1, 0.15) is 46.5 Å². The van der Waals surface area contributed by atoms with Crippen LogP contribution in [0.15, 0.2) is 133 Å². The van der Waals surface area contributed by atoms with Crippen LogP contribution >= 0.6 is 0 Å². The quantitative estimate of drug-likeness (QED) is 0.138. The molecule has 3 aromatic heterocycles. The molecule has 0 amide bonds. The van der Waals surface area contributed by atoms with Gasteiger partial charge in [-0.15, -0.1) is 0 Å². The number of phenols is 4. The molecule has 2 aliphatic rings. The van der Waals surface area contributed by atoms with Gasteiger partial charge in [-0.1, -0.05) is 48.5 Å². The molecule has 8 N–H and O–H groups in total. The molecule has 1 fully saturated rings. The van der Waals surface area contributed by atoms with Crippen molar-refractivity contribution in [1.82, 2.24) is 20.3 Å². The molecule has 0 aliphatic carbocycles. The van der Waals surface area contributed by atoms with E-state index in [2.05, 4.69) is 44.5 Å². The summed E-state index contributed by atoms with van der Waals surface area (Å²) >= 11 is 0. The van der Waals surface area contributed by atoms with Gasteiger partial charge in [-0.05, 0) is 131 Å². The van der Waals surface area contributed by atoms with Crippen molar-refractivity contribution in [3.63, 3.8) is 0 Å². The fourth-order valence-electron chi connectivity index (χ4n) is 7.95. The van der Waals surface area contributed by atoms with Crippen LogP contribution in [0.25, 0.3) is 22.3 Å². The highest BCUT2D eigenvalue weighted by Crippen LogP contribution is 2.33. The molecule has 1 saturated heterocycles. The highest BCUT2D eigenvalue weighted by molar-refractivity contribution is 5.83. The molecule has 0 spiro atoms. The smallest absolute Gasteiger partial charge is 0.116 e. The molecule has 2 aliphatic heterocycles. The largest absolute Gasteiger partial charge is 0.508 e. The third kappa shape index (κ3) is 5.65. The Labute approximate surface area is 298 Å². The summed E-state index contributed by atoms with van der Waals surface area (Å²) in [6, 6.07) is 41.4. The molecule has 8 heteroatoms. The maximum Gasteiger partial charge on any atom is 0.116 e. The summed E-state index contributed by atoms with van der Waals surface area (Å²) in [7, 11) is 0. The Kier molecular flexibility index (Phi) is 7.60. The number of H-pyrrole nitrogens is 3. The second-order valence-electron chi connectivity index (χ2n) is 13.5. The number of rotatable bonds is 4. The fraction of sp³-hybridized carbons (Fsp3) is 0.0909. The van der Waals surface area contributed by atoms with E-state index in [1.807, 2.05) is 60.7 Å². The molecule has 2 unspecified atom stereocenters. The maximum absolute atomic E-state index is 10.6. The molecular formula is C44H36N4O4. The van der Waals surface area contributed by atoms with Gasteiger partial charge >= 0.3 is 0 Å². The van der Waals surface area contributed by atoms with Gasteiger partial charge in [0.2, 0.25) is 0 Å². The van der Waals surface area contributed by atoms with Crippen LogP contribution in [0.3, 0.4) is 0 Å². The molecule has 8 nitrogen and oxygen atoms in total. The van der Waals surface area contributed by atoms with Gasteiger partial charge in [0.25, 0.3) is 0 Å². The summed E-state index contributed by atoms with van der Waals surface area (Å²) in [4.78, 5) is 11.2. The van der Waals surface area contributed by atoms with Gasteiger partial charge in [0.15, 0.2) is 0 Å². The first-order valence-electron chi connectivity index (χ1n) is 17.4. The van der Waals surface area contributed by atoms with Crippen molar-refractivity contribution in [1.29, 1.82) is 0 Å². The fourth-order valence-corrected chi connectivity index (χ4v) is 7.95. The van der Waals surface area contributed by atoms with E-state index in [1.165, 1.54) is 0 Å². The van der Waals surface area contributed by atoms with Gasteiger partial charge in [0, 0.05) is 56.0 Å². The normalized spacial score (nSPS) is 17.2. The van der Waals surface area contributed by atoms with E-state index < -0.39 is 0 Å². The van der Waals surface area contributed by atoms with Gasteiger partial charge in [-0.25, -0.2) is 0 Å². The average molecular weight is 685 g/mol. The van der Waals surface area contributed by atoms with Crippen molar-refractivity contribution in [2.75, 3.05) is 0 Å². The van der Waals surface area contributed by atoms with Crippen LogP contribution in [0, 0.1) is 0 Å². The zero-order chi connectivity index (χ0) is 35.3. The Bertz CT molecular complexity index is 2570. The molecule has 256 valence electrons. The number of benzene rings is 4. The maximum atomic E-state index is 10.6. The second-order valence-corrected chi connectivity index (χ2v) is 13.5. The summed E-state index contributed by atoms with van der Waals surface area (Å²) in [5.41, 5.74) is 8.91. The summed E-state index contributed by atoms with van der Waals surface area (Å²) < 4.78 is 0. The van der Waals surface area contributed by atoms with E-state index in [9.17, 15) is 20.4 Å². The number of hydrogen-bond acceptors (Lipinski definition) is 5. The number of nitrogens with one attached hydrogen (secondary N) is 4. The molecule has 0 radical (unpaired) electrons. The van der Waals surface area contributed by atoms with Crippen LogP contribution in [0.2, 0.25) is 0 Å². The Morgan fingerprint density at radius 1 is 0.385 bits per heavy atom. The number of aromatic hydroxyl groups is 4. The molecule has 8 bridgehead atoms. The molecule has 7 aromatic rings. The van der Waals surface area contributed by atoms with Gasteiger partial charge < -0.3 is 40.7 Å². The minimum Gasteiger partial charge on any atom is -0.508 e. The molecule has 9 rings (SSSR count). The van der Waals surface area contributed by atoms with Crippen LogP contribution < -0.4 is 26.7 Å². The minimum atomic E-state index is -0.0799. The first-order chi connectivity index (χ1) is 25.4. The molecule has 0 saturated carbocycles. The van der Waals surface area contributed by atoms with Crippen molar-refractivity contribution < 1.29 is 20.4 Å². The van der Waals surface area contributed by atoms with Crippen LogP contribution in [0.5, 0.6) is 23.0 Å². The summed E-state index contributed by atoms with van der Waals surface area (Å²) in [6.45, 7) is 0. The van der Waals surface area contributed by atoms with Gasteiger partial charge in [0.1, 0.15) is 23.0 Å². The van der Waals surface area contributed by atoms with Crippen molar-refractivity contribution in [3.8, 4) is 23.0 Å². The number of aromatic amines is 3.